The Morgan fingerprint density at radius 2 is 1.86 bits per heavy atom. The Bertz CT molecular complexity index is 972. The molecule has 3 atom stereocenters. The second kappa shape index (κ2) is 7.30. The zero-order chi connectivity index (χ0) is 20.6. The maximum Gasteiger partial charge on any atom is 0.336 e. The van der Waals surface area contributed by atoms with Gasteiger partial charge in [-0.2, -0.15) is 0 Å². The molecule has 0 spiro atoms. The van der Waals surface area contributed by atoms with Crippen LogP contribution in [0.25, 0.3) is 11.0 Å². The molecule has 0 amide bonds. The standard InChI is InChI=1S/C21H24O7/c1-6-11(2)20(24)27-18-16-14(28-21(4,5)19(18)25-12(3)22)9-7-13-8-10-15(23)26-17(13)16/h7-11,18-19H,6H2,1-5H3/t11-,18-,19-/m1/s1. The number of hydrogen-bond acceptors (Lipinski definition) is 7. The van der Waals surface area contributed by atoms with Gasteiger partial charge >= 0.3 is 17.6 Å². The molecule has 3 rings (SSSR count). The van der Waals surface area contributed by atoms with Gasteiger partial charge in [0.2, 0.25) is 0 Å². The van der Waals surface area contributed by atoms with E-state index in [1.807, 2.05) is 6.92 Å². The van der Waals surface area contributed by atoms with Crippen molar-refractivity contribution in [2.75, 3.05) is 0 Å². The summed E-state index contributed by atoms with van der Waals surface area (Å²) in [5.74, 6) is -0.883. The first kappa shape index (κ1) is 19.9. The largest absolute Gasteiger partial charge is 0.483 e. The molecule has 7 heteroatoms. The zero-order valence-electron chi connectivity index (χ0n) is 16.6. The number of rotatable bonds is 4. The van der Waals surface area contributed by atoms with E-state index in [0.29, 0.717) is 23.1 Å². The van der Waals surface area contributed by atoms with Crippen molar-refractivity contribution < 1.29 is 28.2 Å². The molecule has 1 aliphatic rings. The highest BCUT2D eigenvalue weighted by atomic mass is 16.6. The molecule has 1 aromatic carbocycles. The van der Waals surface area contributed by atoms with Gasteiger partial charge in [0, 0.05) is 18.4 Å². The van der Waals surface area contributed by atoms with Crippen molar-refractivity contribution in [3.05, 3.63) is 40.2 Å². The molecular formula is C21H24O7. The molecule has 0 N–H and O–H groups in total. The molecule has 150 valence electrons. The first-order chi connectivity index (χ1) is 13.1. The van der Waals surface area contributed by atoms with Gasteiger partial charge in [0.15, 0.2) is 12.2 Å². The molecular weight excluding hydrogens is 364 g/mol. The van der Waals surface area contributed by atoms with Crippen LogP contribution in [0.5, 0.6) is 5.75 Å². The summed E-state index contributed by atoms with van der Waals surface area (Å²) in [6.07, 6.45) is -1.29. The SMILES string of the molecule is CC[C@@H](C)C(=O)O[C@@H]1c2c(ccc3ccc(=O)oc23)OC(C)(C)[C@@H]1OC(C)=O. The predicted molar refractivity (Wildman–Crippen MR) is 101 cm³/mol. The van der Waals surface area contributed by atoms with E-state index >= 15 is 0 Å². The Kier molecular flexibility index (Phi) is 5.19. The van der Waals surface area contributed by atoms with Crippen LogP contribution in [-0.2, 0) is 19.1 Å². The van der Waals surface area contributed by atoms with Gasteiger partial charge in [-0.15, -0.1) is 0 Å². The zero-order valence-corrected chi connectivity index (χ0v) is 16.6. The minimum atomic E-state index is -0.974. The van der Waals surface area contributed by atoms with Crippen molar-refractivity contribution in [1.29, 1.82) is 0 Å². The topological polar surface area (TPSA) is 92.0 Å². The van der Waals surface area contributed by atoms with Gasteiger partial charge in [0.25, 0.3) is 0 Å². The third-order valence-electron chi connectivity index (χ3n) is 4.96. The maximum atomic E-state index is 12.6. The Labute approximate surface area is 162 Å². The molecule has 0 aliphatic carbocycles. The summed E-state index contributed by atoms with van der Waals surface area (Å²) in [6.45, 7) is 8.42. The number of carbonyl (C=O) groups is 2. The van der Waals surface area contributed by atoms with Gasteiger partial charge in [-0.05, 0) is 38.5 Å². The Hall–Kier alpha value is -2.83. The Morgan fingerprint density at radius 3 is 2.50 bits per heavy atom. The van der Waals surface area contributed by atoms with Crippen molar-refractivity contribution in [1.82, 2.24) is 0 Å². The molecule has 1 aliphatic heterocycles. The lowest BCUT2D eigenvalue weighted by Crippen LogP contribution is -2.52. The van der Waals surface area contributed by atoms with Gasteiger partial charge in [-0.3, -0.25) is 9.59 Å². The van der Waals surface area contributed by atoms with E-state index < -0.39 is 35.4 Å². The van der Waals surface area contributed by atoms with E-state index in [1.54, 1.807) is 39.0 Å². The molecule has 28 heavy (non-hydrogen) atoms. The molecule has 1 aromatic heterocycles. The van der Waals surface area contributed by atoms with Crippen molar-refractivity contribution in [2.45, 2.75) is 58.8 Å². The van der Waals surface area contributed by atoms with Crippen LogP contribution in [0.1, 0.15) is 52.7 Å². The highest BCUT2D eigenvalue weighted by molar-refractivity contribution is 5.84. The van der Waals surface area contributed by atoms with E-state index in [1.165, 1.54) is 13.0 Å². The number of fused-ring (bicyclic) bond motifs is 3. The summed E-state index contributed by atoms with van der Waals surface area (Å²) >= 11 is 0. The average Bonchev–Trinajstić information content (AvgIpc) is 2.62. The number of hydrogen-bond donors (Lipinski definition) is 0. The fourth-order valence-corrected chi connectivity index (χ4v) is 3.26. The van der Waals surface area contributed by atoms with E-state index in [9.17, 15) is 14.4 Å². The molecule has 2 aromatic rings. The van der Waals surface area contributed by atoms with E-state index in [2.05, 4.69) is 0 Å². The van der Waals surface area contributed by atoms with E-state index in [0.717, 1.165) is 0 Å². The van der Waals surface area contributed by atoms with Crippen LogP contribution in [0.4, 0.5) is 0 Å². The van der Waals surface area contributed by atoms with Crippen LogP contribution in [0, 0.1) is 5.92 Å². The van der Waals surface area contributed by atoms with Crippen LogP contribution >= 0.6 is 0 Å². The minimum Gasteiger partial charge on any atom is -0.483 e. The molecule has 0 radical (unpaired) electrons. The molecule has 0 unspecified atom stereocenters. The third-order valence-corrected chi connectivity index (χ3v) is 4.96. The van der Waals surface area contributed by atoms with Crippen molar-refractivity contribution in [3.8, 4) is 5.75 Å². The smallest absolute Gasteiger partial charge is 0.336 e. The molecule has 0 saturated carbocycles. The van der Waals surface area contributed by atoms with Crippen LogP contribution in [0.2, 0.25) is 0 Å². The first-order valence-electron chi connectivity index (χ1n) is 9.27. The fourth-order valence-electron chi connectivity index (χ4n) is 3.26. The Morgan fingerprint density at radius 1 is 1.18 bits per heavy atom. The highest BCUT2D eigenvalue weighted by Crippen LogP contribution is 2.46. The molecule has 0 fully saturated rings. The molecule has 0 saturated heterocycles. The van der Waals surface area contributed by atoms with Gasteiger partial charge in [-0.25, -0.2) is 4.79 Å². The predicted octanol–water partition coefficient (Wildman–Crippen LogP) is 3.53. The first-order valence-corrected chi connectivity index (χ1v) is 9.27. The fraction of sp³-hybridized carbons (Fsp3) is 0.476. The number of ether oxygens (including phenoxy) is 3. The monoisotopic (exact) mass is 388 g/mol. The van der Waals surface area contributed by atoms with Crippen LogP contribution in [-0.4, -0.2) is 23.6 Å². The van der Waals surface area contributed by atoms with Crippen LogP contribution < -0.4 is 10.4 Å². The lowest BCUT2D eigenvalue weighted by atomic mass is 9.87. The molecule has 2 heterocycles. The van der Waals surface area contributed by atoms with Crippen molar-refractivity contribution >= 4 is 22.9 Å². The quantitative estimate of drug-likeness (QED) is 0.584. The lowest BCUT2D eigenvalue weighted by molar-refractivity contribution is -0.191. The molecule has 0 bridgehead atoms. The summed E-state index contributed by atoms with van der Waals surface area (Å²) in [5.41, 5.74) is -0.874. The second-order valence-electron chi connectivity index (χ2n) is 7.55. The summed E-state index contributed by atoms with van der Waals surface area (Å²) in [6, 6.07) is 6.42. The second-order valence-corrected chi connectivity index (χ2v) is 7.55. The van der Waals surface area contributed by atoms with Crippen LogP contribution in [0.15, 0.2) is 33.5 Å². The summed E-state index contributed by atoms with van der Waals surface area (Å²) < 4.78 is 22.8. The van der Waals surface area contributed by atoms with E-state index in [4.69, 9.17) is 18.6 Å². The summed E-state index contributed by atoms with van der Waals surface area (Å²) in [7, 11) is 0. The third kappa shape index (κ3) is 3.61. The minimum absolute atomic E-state index is 0.250. The number of esters is 2. The van der Waals surface area contributed by atoms with Crippen molar-refractivity contribution in [3.63, 3.8) is 0 Å². The number of carbonyl (C=O) groups excluding carboxylic acids is 2. The van der Waals surface area contributed by atoms with E-state index in [-0.39, 0.29) is 11.5 Å². The van der Waals surface area contributed by atoms with Crippen molar-refractivity contribution in [2.24, 2.45) is 5.92 Å². The highest BCUT2D eigenvalue weighted by Gasteiger charge is 2.50. The van der Waals surface area contributed by atoms with Gasteiger partial charge in [-0.1, -0.05) is 13.8 Å². The van der Waals surface area contributed by atoms with Gasteiger partial charge < -0.3 is 18.6 Å². The Balaban J connectivity index is 2.22. The molecule has 7 nitrogen and oxygen atoms in total. The van der Waals surface area contributed by atoms with Gasteiger partial charge in [0.1, 0.15) is 16.9 Å². The summed E-state index contributed by atoms with van der Waals surface area (Å²) in [4.78, 5) is 36.2. The van der Waals surface area contributed by atoms with Gasteiger partial charge in [0.05, 0.1) is 11.5 Å². The number of benzene rings is 1. The average molecular weight is 388 g/mol. The lowest BCUT2D eigenvalue weighted by Gasteiger charge is -2.43. The summed E-state index contributed by atoms with van der Waals surface area (Å²) in [5, 5.41) is 0.646. The normalized spacial score (nSPS) is 21.3. The van der Waals surface area contributed by atoms with Crippen LogP contribution in [0.3, 0.4) is 0 Å². The maximum absolute atomic E-state index is 12.6.